The topological polar surface area (TPSA) is 32.5 Å². The number of piperidine rings is 1. The van der Waals surface area contributed by atoms with Crippen LogP contribution in [0.25, 0.3) is 0 Å². The summed E-state index contributed by atoms with van der Waals surface area (Å²) in [6.45, 7) is 11.1. The molecule has 3 nitrogen and oxygen atoms in total. The normalized spacial score (nSPS) is 28.7. The van der Waals surface area contributed by atoms with Gasteiger partial charge >= 0.3 is 0 Å². The largest absolute Gasteiger partial charge is 0.329 e. The maximum atomic E-state index is 6.05. The maximum Gasteiger partial charge on any atom is 0.0455 e. The summed E-state index contributed by atoms with van der Waals surface area (Å²) in [5, 5.41) is 0. The zero-order chi connectivity index (χ0) is 12.4. The number of hydrogen-bond donors (Lipinski definition) is 1. The minimum Gasteiger partial charge on any atom is -0.329 e. The average Bonchev–Trinajstić information content (AvgIpc) is 2.14. The fourth-order valence-electron chi connectivity index (χ4n) is 2.85. The van der Waals surface area contributed by atoms with E-state index in [1.807, 2.05) is 0 Å². The molecule has 2 N–H and O–H groups in total. The van der Waals surface area contributed by atoms with Crippen molar-refractivity contribution in [3.63, 3.8) is 0 Å². The minimum absolute atomic E-state index is 0.195. The van der Waals surface area contributed by atoms with Crippen molar-refractivity contribution in [1.29, 1.82) is 0 Å². The van der Waals surface area contributed by atoms with Gasteiger partial charge in [0.05, 0.1) is 0 Å². The summed E-state index contributed by atoms with van der Waals surface area (Å²) in [5.41, 5.74) is 6.59. The third-order valence-electron chi connectivity index (χ3n) is 3.65. The van der Waals surface area contributed by atoms with Crippen LogP contribution in [0.3, 0.4) is 0 Å². The SMILES string of the molecule is CN1CCCC(CN)(N(C)CC(C)(C)C)C1. The molecule has 1 unspecified atom stereocenters. The molecule has 0 bridgehead atoms. The summed E-state index contributed by atoms with van der Waals surface area (Å²) in [5.74, 6) is 0. The summed E-state index contributed by atoms with van der Waals surface area (Å²) >= 11 is 0. The first-order valence-corrected chi connectivity index (χ1v) is 6.39. The lowest BCUT2D eigenvalue weighted by Gasteiger charge is -2.48. The van der Waals surface area contributed by atoms with Crippen LogP contribution in [0, 0.1) is 5.41 Å². The fraction of sp³-hybridized carbons (Fsp3) is 1.00. The number of rotatable bonds is 3. The quantitative estimate of drug-likeness (QED) is 0.791. The molecule has 0 aliphatic carbocycles. The van der Waals surface area contributed by atoms with Gasteiger partial charge in [0.2, 0.25) is 0 Å². The van der Waals surface area contributed by atoms with Crippen LogP contribution in [-0.4, -0.2) is 55.6 Å². The highest BCUT2D eigenvalue weighted by molar-refractivity contribution is 4.96. The van der Waals surface area contributed by atoms with E-state index in [1.54, 1.807) is 0 Å². The first-order valence-electron chi connectivity index (χ1n) is 6.39. The van der Waals surface area contributed by atoms with E-state index in [9.17, 15) is 0 Å². The van der Waals surface area contributed by atoms with Gasteiger partial charge in [-0.3, -0.25) is 4.90 Å². The molecule has 1 aliphatic heterocycles. The van der Waals surface area contributed by atoms with Gasteiger partial charge in [-0.05, 0) is 38.9 Å². The van der Waals surface area contributed by atoms with E-state index in [-0.39, 0.29) is 5.54 Å². The predicted molar refractivity (Wildman–Crippen MR) is 70.6 cm³/mol. The van der Waals surface area contributed by atoms with Crippen LogP contribution in [0.4, 0.5) is 0 Å². The van der Waals surface area contributed by atoms with Crippen molar-refractivity contribution < 1.29 is 0 Å². The van der Waals surface area contributed by atoms with Gasteiger partial charge in [0.1, 0.15) is 0 Å². The molecule has 0 aromatic carbocycles. The molecule has 1 heterocycles. The molecule has 3 heteroatoms. The van der Waals surface area contributed by atoms with Gasteiger partial charge in [-0.15, -0.1) is 0 Å². The third kappa shape index (κ3) is 3.44. The number of hydrogen-bond acceptors (Lipinski definition) is 3. The number of likely N-dealkylation sites (tertiary alicyclic amines) is 1. The van der Waals surface area contributed by atoms with Crippen molar-refractivity contribution in [2.45, 2.75) is 39.2 Å². The first-order chi connectivity index (χ1) is 7.29. The van der Waals surface area contributed by atoms with E-state index >= 15 is 0 Å². The van der Waals surface area contributed by atoms with E-state index in [2.05, 4.69) is 44.7 Å². The second-order valence-corrected chi connectivity index (χ2v) is 6.69. The smallest absolute Gasteiger partial charge is 0.0455 e. The van der Waals surface area contributed by atoms with Gasteiger partial charge in [-0.2, -0.15) is 0 Å². The van der Waals surface area contributed by atoms with Crippen LogP contribution < -0.4 is 5.73 Å². The average molecular weight is 227 g/mol. The Hall–Kier alpha value is -0.120. The van der Waals surface area contributed by atoms with Gasteiger partial charge in [0, 0.05) is 25.2 Å². The van der Waals surface area contributed by atoms with Crippen molar-refractivity contribution in [2.24, 2.45) is 11.1 Å². The molecule has 0 spiro atoms. The van der Waals surface area contributed by atoms with E-state index < -0.39 is 0 Å². The summed E-state index contributed by atoms with van der Waals surface area (Å²) in [6.07, 6.45) is 2.50. The van der Waals surface area contributed by atoms with Crippen LogP contribution >= 0.6 is 0 Å². The molecule has 0 radical (unpaired) electrons. The molecule has 1 aliphatic rings. The monoisotopic (exact) mass is 227 g/mol. The molecular formula is C13H29N3. The lowest BCUT2D eigenvalue weighted by molar-refractivity contribution is 0.0245. The Bertz CT molecular complexity index is 222. The van der Waals surface area contributed by atoms with Crippen molar-refractivity contribution in [1.82, 2.24) is 9.80 Å². The summed E-state index contributed by atoms with van der Waals surface area (Å²) < 4.78 is 0. The van der Waals surface area contributed by atoms with Gasteiger partial charge in [0.25, 0.3) is 0 Å². The third-order valence-corrected chi connectivity index (χ3v) is 3.65. The minimum atomic E-state index is 0.195. The van der Waals surface area contributed by atoms with Gasteiger partial charge in [-0.1, -0.05) is 20.8 Å². The molecule has 16 heavy (non-hydrogen) atoms. The second kappa shape index (κ2) is 5.03. The molecule has 0 aromatic heterocycles. The Morgan fingerprint density at radius 3 is 2.44 bits per heavy atom. The molecule has 96 valence electrons. The number of likely N-dealkylation sites (N-methyl/N-ethyl adjacent to an activating group) is 2. The molecule has 0 aromatic rings. The van der Waals surface area contributed by atoms with Crippen LogP contribution in [0.1, 0.15) is 33.6 Å². The molecule has 1 atom stereocenters. The highest BCUT2D eigenvalue weighted by Gasteiger charge is 2.37. The van der Waals surface area contributed by atoms with Crippen LogP contribution in [0.15, 0.2) is 0 Å². The van der Waals surface area contributed by atoms with E-state index in [0.29, 0.717) is 5.41 Å². The Morgan fingerprint density at radius 2 is 2.00 bits per heavy atom. The predicted octanol–water partition coefficient (Wildman–Crippen LogP) is 1.39. The maximum absolute atomic E-state index is 6.05. The fourth-order valence-corrected chi connectivity index (χ4v) is 2.85. The molecule has 1 fully saturated rings. The molecule has 1 rings (SSSR count). The Kier molecular flexibility index (Phi) is 4.38. The van der Waals surface area contributed by atoms with E-state index in [1.165, 1.54) is 19.4 Å². The van der Waals surface area contributed by atoms with Crippen LogP contribution in [0.2, 0.25) is 0 Å². The first kappa shape index (κ1) is 13.9. The summed E-state index contributed by atoms with van der Waals surface area (Å²) in [4.78, 5) is 4.90. The lowest BCUT2D eigenvalue weighted by Crippen LogP contribution is -2.61. The van der Waals surface area contributed by atoms with Crippen molar-refractivity contribution >= 4 is 0 Å². The van der Waals surface area contributed by atoms with Crippen molar-refractivity contribution in [2.75, 3.05) is 40.3 Å². The van der Waals surface area contributed by atoms with Gasteiger partial charge < -0.3 is 10.6 Å². The Morgan fingerprint density at radius 1 is 1.38 bits per heavy atom. The second-order valence-electron chi connectivity index (χ2n) is 6.69. The Labute approximate surface area is 101 Å². The van der Waals surface area contributed by atoms with E-state index in [0.717, 1.165) is 19.6 Å². The highest BCUT2D eigenvalue weighted by Crippen LogP contribution is 2.28. The van der Waals surface area contributed by atoms with Gasteiger partial charge in [-0.25, -0.2) is 0 Å². The lowest BCUT2D eigenvalue weighted by atomic mass is 9.85. The molecule has 0 saturated carbocycles. The zero-order valence-electron chi connectivity index (χ0n) is 11.7. The molecular weight excluding hydrogens is 198 g/mol. The number of nitrogens with zero attached hydrogens (tertiary/aromatic N) is 2. The molecule has 1 saturated heterocycles. The summed E-state index contributed by atoms with van der Waals surface area (Å²) in [6, 6.07) is 0. The van der Waals surface area contributed by atoms with Crippen molar-refractivity contribution in [3.05, 3.63) is 0 Å². The summed E-state index contributed by atoms with van der Waals surface area (Å²) in [7, 11) is 4.44. The standard InChI is InChI=1S/C13H29N3/c1-12(2,3)10-16(5)13(9-14)7-6-8-15(4)11-13/h6-11,14H2,1-5H3. The van der Waals surface area contributed by atoms with Crippen LogP contribution in [0.5, 0.6) is 0 Å². The molecule has 0 amide bonds. The zero-order valence-corrected chi connectivity index (χ0v) is 11.7. The van der Waals surface area contributed by atoms with Crippen molar-refractivity contribution in [3.8, 4) is 0 Å². The van der Waals surface area contributed by atoms with E-state index in [4.69, 9.17) is 5.73 Å². The highest BCUT2D eigenvalue weighted by atomic mass is 15.3. The van der Waals surface area contributed by atoms with Crippen LogP contribution in [-0.2, 0) is 0 Å². The number of nitrogens with two attached hydrogens (primary N) is 1. The van der Waals surface area contributed by atoms with Gasteiger partial charge in [0.15, 0.2) is 0 Å². The Balaban J connectivity index is 2.71.